The molecule has 6 nitrogen and oxygen atoms in total. The van der Waals surface area contributed by atoms with Crippen molar-refractivity contribution in [1.29, 1.82) is 0 Å². The van der Waals surface area contributed by atoms with Gasteiger partial charge in [-0.25, -0.2) is 9.37 Å². The number of hydrogen-bond acceptors (Lipinski definition) is 5. The van der Waals surface area contributed by atoms with Crippen molar-refractivity contribution in [3.63, 3.8) is 0 Å². The summed E-state index contributed by atoms with van der Waals surface area (Å²) in [7, 11) is 1.60. The molecule has 30 heavy (non-hydrogen) atoms. The number of rotatable bonds is 5. The monoisotopic (exact) mass is 406 g/mol. The fourth-order valence-corrected chi connectivity index (χ4v) is 3.54. The number of nitrogens with zero attached hydrogens (tertiary/aromatic N) is 3. The van der Waals surface area contributed by atoms with Crippen LogP contribution in [-0.2, 0) is 0 Å². The molecular weight excluding hydrogens is 383 g/mol. The molecule has 1 N–H and O–H groups in total. The molecule has 1 saturated heterocycles. The number of methoxy groups -OCH3 is 1. The van der Waals surface area contributed by atoms with E-state index in [9.17, 15) is 9.18 Å². The second-order valence-corrected chi connectivity index (χ2v) is 6.98. The molecule has 3 aromatic rings. The lowest BCUT2D eigenvalue weighted by molar-refractivity contribution is 0.0747. The number of para-hydroxylation sites is 2. The highest BCUT2D eigenvalue weighted by molar-refractivity contribution is 5.99. The predicted molar refractivity (Wildman–Crippen MR) is 115 cm³/mol. The molecule has 0 unspecified atom stereocenters. The van der Waals surface area contributed by atoms with Crippen LogP contribution in [0.5, 0.6) is 5.75 Å². The molecule has 2 aromatic carbocycles. The molecular formula is C23H23FN4O2. The molecule has 0 bridgehead atoms. The maximum absolute atomic E-state index is 13.2. The van der Waals surface area contributed by atoms with Gasteiger partial charge < -0.3 is 19.9 Å². The average molecular weight is 406 g/mol. The van der Waals surface area contributed by atoms with Gasteiger partial charge in [-0.3, -0.25) is 4.79 Å². The zero-order valence-corrected chi connectivity index (χ0v) is 16.7. The molecule has 1 fully saturated rings. The number of nitrogens with one attached hydrogen (secondary N) is 1. The number of halogens is 1. The van der Waals surface area contributed by atoms with E-state index in [4.69, 9.17) is 4.74 Å². The molecule has 7 heteroatoms. The van der Waals surface area contributed by atoms with Crippen LogP contribution in [0.1, 0.15) is 10.4 Å². The van der Waals surface area contributed by atoms with Crippen LogP contribution in [-0.4, -0.2) is 49.1 Å². The number of pyridine rings is 1. The third-order valence-corrected chi connectivity index (χ3v) is 5.16. The van der Waals surface area contributed by atoms with Gasteiger partial charge in [-0.1, -0.05) is 12.1 Å². The third kappa shape index (κ3) is 4.20. The number of carbonyl (C=O) groups is 1. The number of carbonyl (C=O) groups excluding carboxylic acids is 1. The van der Waals surface area contributed by atoms with Gasteiger partial charge >= 0.3 is 0 Å². The Morgan fingerprint density at radius 3 is 2.47 bits per heavy atom. The molecule has 0 radical (unpaired) electrons. The van der Waals surface area contributed by atoms with Crippen molar-refractivity contribution in [1.82, 2.24) is 9.88 Å². The minimum Gasteiger partial charge on any atom is -0.495 e. The van der Waals surface area contributed by atoms with Gasteiger partial charge in [-0.05, 0) is 48.5 Å². The van der Waals surface area contributed by atoms with E-state index < -0.39 is 0 Å². The molecule has 2 heterocycles. The van der Waals surface area contributed by atoms with Crippen LogP contribution >= 0.6 is 0 Å². The normalized spacial score (nSPS) is 13.8. The van der Waals surface area contributed by atoms with E-state index in [1.54, 1.807) is 37.6 Å². The van der Waals surface area contributed by atoms with Gasteiger partial charge in [0.25, 0.3) is 5.91 Å². The van der Waals surface area contributed by atoms with Gasteiger partial charge in [0, 0.05) is 38.1 Å². The van der Waals surface area contributed by atoms with E-state index in [-0.39, 0.29) is 11.7 Å². The van der Waals surface area contributed by atoms with Gasteiger partial charge in [0.1, 0.15) is 17.4 Å². The highest BCUT2D eigenvalue weighted by atomic mass is 19.1. The molecule has 0 atom stereocenters. The number of aromatic nitrogens is 1. The molecule has 0 spiro atoms. The zero-order valence-electron chi connectivity index (χ0n) is 16.7. The number of anilines is 3. The van der Waals surface area contributed by atoms with Crippen LogP contribution in [0, 0.1) is 5.82 Å². The summed E-state index contributed by atoms with van der Waals surface area (Å²) in [6.07, 6.45) is 1.65. The van der Waals surface area contributed by atoms with Gasteiger partial charge in [0.2, 0.25) is 0 Å². The Kier molecular flexibility index (Phi) is 5.79. The number of benzene rings is 2. The Bertz CT molecular complexity index is 1020. The van der Waals surface area contributed by atoms with Crippen molar-refractivity contribution in [2.75, 3.05) is 43.5 Å². The Morgan fingerprint density at radius 2 is 1.73 bits per heavy atom. The smallest absolute Gasteiger partial charge is 0.257 e. The minimum absolute atomic E-state index is 0.0701. The summed E-state index contributed by atoms with van der Waals surface area (Å²) in [6, 6.07) is 17.5. The first-order valence-electron chi connectivity index (χ1n) is 9.80. The van der Waals surface area contributed by atoms with Crippen molar-refractivity contribution < 1.29 is 13.9 Å². The molecule has 154 valence electrons. The highest BCUT2D eigenvalue weighted by Gasteiger charge is 2.24. The van der Waals surface area contributed by atoms with Crippen LogP contribution < -0.4 is 15.0 Å². The molecule has 1 aliphatic rings. The number of amides is 1. The summed E-state index contributed by atoms with van der Waals surface area (Å²) in [6.45, 7) is 2.54. The Labute approximate surface area is 174 Å². The van der Waals surface area contributed by atoms with E-state index >= 15 is 0 Å². The second kappa shape index (κ2) is 8.82. The van der Waals surface area contributed by atoms with E-state index in [0.717, 1.165) is 11.4 Å². The number of hydrogen-bond donors (Lipinski definition) is 1. The van der Waals surface area contributed by atoms with Crippen LogP contribution in [0.3, 0.4) is 0 Å². The summed E-state index contributed by atoms with van der Waals surface area (Å²) in [5, 5.41) is 3.22. The average Bonchev–Trinajstić information content (AvgIpc) is 2.80. The first-order valence-corrected chi connectivity index (χ1v) is 9.80. The van der Waals surface area contributed by atoms with Crippen molar-refractivity contribution in [3.05, 3.63) is 78.2 Å². The first kappa shape index (κ1) is 19.7. The highest BCUT2D eigenvalue weighted by Crippen LogP contribution is 2.28. The van der Waals surface area contributed by atoms with Crippen LogP contribution in [0.4, 0.5) is 21.6 Å². The number of ether oxygens (including phenoxy) is 1. The Hall–Kier alpha value is -3.61. The van der Waals surface area contributed by atoms with E-state index in [1.165, 1.54) is 12.1 Å². The fraction of sp³-hybridized carbons (Fsp3) is 0.217. The van der Waals surface area contributed by atoms with Crippen molar-refractivity contribution in [2.45, 2.75) is 0 Å². The van der Waals surface area contributed by atoms with E-state index in [1.807, 2.05) is 29.2 Å². The third-order valence-electron chi connectivity index (χ3n) is 5.16. The molecule has 1 aliphatic heterocycles. The molecule has 0 aliphatic carbocycles. The van der Waals surface area contributed by atoms with E-state index in [2.05, 4.69) is 15.2 Å². The fourth-order valence-electron chi connectivity index (χ4n) is 3.54. The summed E-state index contributed by atoms with van der Waals surface area (Å²) < 4.78 is 18.5. The quantitative estimate of drug-likeness (QED) is 0.696. The van der Waals surface area contributed by atoms with Crippen LogP contribution in [0.15, 0.2) is 66.9 Å². The SMILES string of the molecule is COc1ccccc1Nc1ncccc1C(=O)N1CCN(c2ccc(F)cc2)CC1. The first-order chi connectivity index (χ1) is 14.7. The topological polar surface area (TPSA) is 57.7 Å². The van der Waals surface area contributed by atoms with Crippen molar-refractivity contribution in [3.8, 4) is 5.75 Å². The molecule has 1 aromatic heterocycles. The minimum atomic E-state index is -0.251. The summed E-state index contributed by atoms with van der Waals surface area (Å²) >= 11 is 0. The maximum atomic E-state index is 13.2. The van der Waals surface area contributed by atoms with Crippen LogP contribution in [0.25, 0.3) is 0 Å². The summed E-state index contributed by atoms with van der Waals surface area (Å²) in [5.41, 5.74) is 2.22. The van der Waals surface area contributed by atoms with Gasteiger partial charge in [-0.2, -0.15) is 0 Å². The molecule has 4 rings (SSSR count). The van der Waals surface area contributed by atoms with Gasteiger partial charge in [0.05, 0.1) is 18.4 Å². The summed E-state index contributed by atoms with van der Waals surface area (Å²) in [4.78, 5) is 21.6. The van der Waals surface area contributed by atoms with Crippen LogP contribution in [0.2, 0.25) is 0 Å². The predicted octanol–water partition coefficient (Wildman–Crippen LogP) is 3.94. The number of piperazine rings is 1. The lowest BCUT2D eigenvalue weighted by Crippen LogP contribution is -2.48. The Morgan fingerprint density at radius 1 is 1.00 bits per heavy atom. The standard InChI is InChI=1S/C23H23FN4O2/c1-30-21-7-3-2-6-20(21)26-22-19(5-4-12-25-22)23(29)28-15-13-27(14-16-28)18-10-8-17(24)9-11-18/h2-12H,13-16H2,1H3,(H,25,26). The largest absolute Gasteiger partial charge is 0.495 e. The second-order valence-electron chi connectivity index (χ2n) is 6.98. The maximum Gasteiger partial charge on any atom is 0.257 e. The summed E-state index contributed by atoms with van der Waals surface area (Å²) in [5.74, 6) is 0.848. The van der Waals surface area contributed by atoms with Crippen molar-refractivity contribution >= 4 is 23.1 Å². The lowest BCUT2D eigenvalue weighted by Gasteiger charge is -2.36. The molecule has 1 amide bonds. The molecule has 0 saturated carbocycles. The zero-order chi connectivity index (χ0) is 20.9. The van der Waals surface area contributed by atoms with E-state index in [0.29, 0.717) is 43.3 Å². The van der Waals surface area contributed by atoms with Gasteiger partial charge in [-0.15, -0.1) is 0 Å². The van der Waals surface area contributed by atoms with Gasteiger partial charge in [0.15, 0.2) is 0 Å². The Balaban J connectivity index is 1.47. The lowest BCUT2D eigenvalue weighted by atomic mass is 10.1. The van der Waals surface area contributed by atoms with Crippen molar-refractivity contribution in [2.24, 2.45) is 0 Å².